The van der Waals surface area contributed by atoms with Crippen LogP contribution >= 0.6 is 0 Å². The largest absolute Gasteiger partial charge is 0.393 e. The highest BCUT2D eigenvalue weighted by Gasteiger charge is 2.37. The molecule has 3 atom stereocenters. The summed E-state index contributed by atoms with van der Waals surface area (Å²) in [5, 5.41) is 9.28. The lowest BCUT2D eigenvalue weighted by Crippen LogP contribution is -2.07. The van der Waals surface area contributed by atoms with Crippen LogP contribution in [0.3, 0.4) is 0 Å². The Hall–Kier alpha value is -0.0400. The minimum absolute atomic E-state index is 0.0752. The van der Waals surface area contributed by atoms with Gasteiger partial charge in [-0.1, -0.05) is 19.3 Å². The maximum absolute atomic E-state index is 9.28. The molecule has 70 valence electrons. The Morgan fingerprint density at radius 1 is 1.25 bits per heavy atom. The molecule has 1 unspecified atom stereocenters. The minimum atomic E-state index is -0.0752. The highest BCUT2D eigenvalue weighted by molar-refractivity contribution is 4.88. The van der Waals surface area contributed by atoms with E-state index < -0.39 is 0 Å². The second-order valence-corrected chi connectivity index (χ2v) is 4.87. The second kappa shape index (κ2) is 3.37. The van der Waals surface area contributed by atoms with E-state index in [-0.39, 0.29) is 6.10 Å². The van der Waals surface area contributed by atoms with E-state index in [0.29, 0.717) is 0 Å². The first-order valence-corrected chi connectivity index (χ1v) is 5.43. The van der Waals surface area contributed by atoms with Crippen LogP contribution in [-0.4, -0.2) is 11.2 Å². The van der Waals surface area contributed by atoms with Gasteiger partial charge in [0.2, 0.25) is 0 Å². The fraction of sp³-hybridized carbons (Fsp3) is 1.00. The molecular weight excluding hydrogens is 148 g/mol. The average molecular weight is 168 g/mol. The van der Waals surface area contributed by atoms with Crippen LogP contribution < -0.4 is 0 Å². The van der Waals surface area contributed by atoms with Gasteiger partial charge in [-0.05, 0) is 43.9 Å². The van der Waals surface area contributed by atoms with Gasteiger partial charge < -0.3 is 5.11 Å². The van der Waals surface area contributed by atoms with E-state index in [1.54, 1.807) is 0 Å². The van der Waals surface area contributed by atoms with Gasteiger partial charge in [0.25, 0.3) is 0 Å². The summed E-state index contributed by atoms with van der Waals surface area (Å²) in [6.45, 7) is 1.92. The third kappa shape index (κ3) is 1.66. The number of fused-ring (bicyclic) bond motifs is 1. The Kier molecular flexibility index (Phi) is 2.40. The Morgan fingerprint density at radius 2 is 1.83 bits per heavy atom. The molecule has 2 aliphatic carbocycles. The molecule has 0 bridgehead atoms. The molecule has 2 fully saturated rings. The van der Waals surface area contributed by atoms with Gasteiger partial charge in [0, 0.05) is 0 Å². The Bertz CT molecular complexity index is 141. The summed E-state index contributed by atoms with van der Waals surface area (Å²) in [6, 6.07) is 0. The van der Waals surface area contributed by atoms with Crippen molar-refractivity contribution in [1.29, 1.82) is 0 Å². The van der Waals surface area contributed by atoms with Crippen LogP contribution in [0.2, 0.25) is 0 Å². The maximum Gasteiger partial charge on any atom is 0.0514 e. The van der Waals surface area contributed by atoms with E-state index in [0.717, 1.165) is 24.2 Å². The van der Waals surface area contributed by atoms with Crippen molar-refractivity contribution in [2.45, 2.75) is 51.6 Å². The fourth-order valence-electron chi connectivity index (χ4n) is 3.36. The van der Waals surface area contributed by atoms with Crippen LogP contribution in [0.4, 0.5) is 0 Å². The molecule has 0 aromatic carbocycles. The van der Waals surface area contributed by atoms with Crippen molar-refractivity contribution in [2.24, 2.45) is 17.8 Å². The molecular formula is C11H20O. The summed E-state index contributed by atoms with van der Waals surface area (Å²) >= 11 is 0. The summed E-state index contributed by atoms with van der Waals surface area (Å²) in [5.74, 6) is 2.92. The van der Waals surface area contributed by atoms with Crippen molar-refractivity contribution < 1.29 is 5.11 Å². The van der Waals surface area contributed by atoms with Crippen LogP contribution in [0.25, 0.3) is 0 Å². The number of hydrogen-bond donors (Lipinski definition) is 1. The number of aliphatic hydroxyl groups is 1. The van der Waals surface area contributed by atoms with E-state index in [1.165, 1.54) is 32.1 Å². The molecule has 0 radical (unpaired) electrons. The normalized spacial score (nSPS) is 38.5. The molecule has 1 nitrogen and oxygen atoms in total. The van der Waals surface area contributed by atoms with Gasteiger partial charge in [0.05, 0.1) is 6.10 Å². The number of aliphatic hydroxyl groups excluding tert-OH is 1. The molecule has 0 amide bonds. The molecule has 12 heavy (non-hydrogen) atoms. The summed E-state index contributed by atoms with van der Waals surface area (Å²) < 4.78 is 0. The van der Waals surface area contributed by atoms with Gasteiger partial charge >= 0.3 is 0 Å². The molecule has 1 N–H and O–H groups in total. The lowest BCUT2D eigenvalue weighted by Gasteiger charge is -2.12. The molecule has 0 aliphatic heterocycles. The lowest BCUT2D eigenvalue weighted by molar-refractivity contribution is 0.159. The van der Waals surface area contributed by atoms with Crippen molar-refractivity contribution in [1.82, 2.24) is 0 Å². The van der Waals surface area contributed by atoms with Crippen LogP contribution in [0, 0.1) is 17.8 Å². The van der Waals surface area contributed by atoms with Crippen molar-refractivity contribution in [3.63, 3.8) is 0 Å². The Morgan fingerprint density at radius 3 is 2.33 bits per heavy atom. The van der Waals surface area contributed by atoms with Crippen molar-refractivity contribution in [3.8, 4) is 0 Å². The first kappa shape index (κ1) is 8.55. The van der Waals surface area contributed by atoms with Crippen LogP contribution in [0.5, 0.6) is 0 Å². The van der Waals surface area contributed by atoms with E-state index in [4.69, 9.17) is 0 Å². The first-order valence-electron chi connectivity index (χ1n) is 5.43. The molecule has 1 heteroatoms. The van der Waals surface area contributed by atoms with Crippen LogP contribution in [0.1, 0.15) is 45.4 Å². The smallest absolute Gasteiger partial charge is 0.0514 e. The van der Waals surface area contributed by atoms with E-state index in [2.05, 4.69) is 0 Å². The highest BCUT2D eigenvalue weighted by Crippen LogP contribution is 2.47. The van der Waals surface area contributed by atoms with E-state index >= 15 is 0 Å². The third-order valence-corrected chi connectivity index (χ3v) is 3.76. The summed E-state index contributed by atoms with van der Waals surface area (Å²) in [7, 11) is 0. The van der Waals surface area contributed by atoms with E-state index in [1.807, 2.05) is 6.92 Å². The monoisotopic (exact) mass is 168 g/mol. The van der Waals surface area contributed by atoms with Gasteiger partial charge in [-0.3, -0.25) is 0 Å². The zero-order chi connectivity index (χ0) is 8.55. The minimum Gasteiger partial charge on any atom is -0.393 e. The van der Waals surface area contributed by atoms with Crippen molar-refractivity contribution >= 4 is 0 Å². The number of rotatable bonds is 2. The van der Waals surface area contributed by atoms with E-state index in [9.17, 15) is 5.11 Å². The predicted molar refractivity (Wildman–Crippen MR) is 49.9 cm³/mol. The van der Waals surface area contributed by atoms with Gasteiger partial charge in [-0.25, -0.2) is 0 Å². The molecule has 0 aromatic heterocycles. The fourth-order valence-corrected chi connectivity index (χ4v) is 3.36. The van der Waals surface area contributed by atoms with Crippen molar-refractivity contribution in [3.05, 3.63) is 0 Å². The third-order valence-electron chi connectivity index (χ3n) is 3.76. The van der Waals surface area contributed by atoms with Gasteiger partial charge in [0.1, 0.15) is 0 Å². The quantitative estimate of drug-likeness (QED) is 0.672. The van der Waals surface area contributed by atoms with Gasteiger partial charge in [0.15, 0.2) is 0 Å². The molecule has 2 saturated carbocycles. The summed E-state index contributed by atoms with van der Waals surface area (Å²) in [5.41, 5.74) is 0. The molecule has 0 spiro atoms. The molecule has 0 heterocycles. The summed E-state index contributed by atoms with van der Waals surface area (Å²) in [6.07, 6.45) is 8.21. The van der Waals surface area contributed by atoms with Gasteiger partial charge in [-0.15, -0.1) is 0 Å². The van der Waals surface area contributed by atoms with Crippen molar-refractivity contribution in [2.75, 3.05) is 0 Å². The molecule has 2 rings (SSSR count). The average Bonchev–Trinajstić information content (AvgIpc) is 2.43. The van der Waals surface area contributed by atoms with Crippen LogP contribution in [0.15, 0.2) is 0 Å². The van der Waals surface area contributed by atoms with Gasteiger partial charge in [-0.2, -0.15) is 0 Å². The zero-order valence-corrected chi connectivity index (χ0v) is 8.00. The highest BCUT2D eigenvalue weighted by atomic mass is 16.3. The summed E-state index contributed by atoms with van der Waals surface area (Å²) in [4.78, 5) is 0. The Balaban J connectivity index is 1.82. The SMILES string of the molecule is CC(O)CC1C[C@H]2CCC[C@@H]2C1. The molecule has 0 saturated heterocycles. The predicted octanol–water partition coefficient (Wildman–Crippen LogP) is 2.58. The molecule has 0 aromatic rings. The second-order valence-electron chi connectivity index (χ2n) is 4.87. The first-order chi connectivity index (χ1) is 5.75. The number of hydrogen-bond acceptors (Lipinski definition) is 1. The lowest BCUT2D eigenvalue weighted by atomic mass is 9.97. The standard InChI is InChI=1S/C11H20O/c1-8(12)5-9-6-10-3-2-4-11(10)7-9/h8-12H,2-7H2,1H3/t8?,10-,11-/m1/s1. The molecule has 2 aliphatic rings. The zero-order valence-electron chi connectivity index (χ0n) is 8.00. The Labute approximate surface area is 75.2 Å². The van der Waals surface area contributed by atoms with Crippen LogP contribution in [-0.2, 0) is 0 Å². The maximum atomic E-state index is 9.28. The topological polar surface area (TPSA) is 20.2 Å².